The molecule has 8 heteroatoms. The maximum Gasteiger partial charge on any atom is 0.319 e. The molecule has 1 unspecified atom stereocenters. The molecule has 0 fully saturated rings. The van der Waals surface area contributed by atoms with Gasteiger partial charge in [-0.1, -0.05) is 53.4 Å². The van der Waals surface area contributed by atoms with Crippen molar-refractivity contribution in [1.29, 1.82) is 0 Å². The lowest BCUT2D eigenvalue weighted by molar-refractivity contribution is -0.142. The van der Waals surface area contributed by atoms with E-state index in [1.54, 1.807) is 19.9 Å². The van der Waals surface area contributed by atoms with Crippen molar-refractivity contribution < 1.29 is 14.3 Å². The quantitative estimate of drug-likeness (QED) is 0.352. The van der Waals surface area contributed by atoms with Gasteiger partial charge in [0, 0.05) is 6.08 Å². The van der Waals surface area contributed by atoms with Crippen molar-refractivity contribution in [2.24, 2.45) is 0 Å². The molecule has 126 valence electrons. The number of esters is 1. The van der Waals surface area contributed by atoms with Crippen LogP contribution in [0.5, 0.6) is 0 Å². The van der Waals surface area contributed by atoms with Gasteiger partial charge in [0.05, 0.1) is 6.61 Å². The molecule has 1 heterocycles. The number of anilines is 1. The highest BCUT2D eigenvalue weighted by Crippen LogP contribution is 2.29. The van der Waals surface area contributed by atoms with Gasteiger partial charge in [-0.3, -0.25) is 14.9 Å². The SMILES string of the molecule is CCOC(=O)C(C)Sc1nnc(NC(=O)/C=C/c2ccccc2)s1. The van der Waals surface area contributed by atoms with Crippen LogP contribution in [-0.4, -0.2) is 33.9 Å². The molecule has 0 aliphatic heterocycles. The molecule has 0 aliphatic carbocycles. The molecule has 6 nitrogen and oxygen atoms in total. The van der Waals surface area contributed by atoms with Crippen LogP contribution in [-0.2, 0) is 14.3 Å². The maximum absolute atomic E-state index is 11.9. The lowest BCUT2D eigenvalue weighted by Gasteiger charge is -2.06. The summed E-state index contributed by atoms with van der Waals surface area (Å²) in [5.41, 5.74) is 0.935. The predicted molar refractivity (Wildman–Crippen MR) is 96.0 cm³/mol. The minimum atomic E-state index is -0.376. The average Bonchev–Trinajstić information content (AvgIpc) is 3.01. The monoisotopic (exact) mass is 363 g/mol. The largest absolute Gasteiger partial charge is 0.465 e. The molecule has 24 heavy (non-hydrogen) atoms. The third kappa shape index (κ3) is 5.78. The van der Waals surface area contributed by atoms with E-state index in [1.165, 1.54) is 29.2 Å². The lowest BCUT2D eigenvalue weighted by atomic mass is 10.2. The first-order chi connectivity index (χ1) is 11.6. The van der Waals surface area contributed by atoms with Crippen molar-refractivity contribution in [1.82, 2.24) is 10.2 Å². The zero-order valence-corrected chi connectivity index (χ0v) is 14.9. The van der Waals surface area contributed by atoms with Crippen molar-refractivity contribution in [3.63, 3.8) is 0 Å². The first-order valence-corrected chi connectivity index (χ1v) is 8.99. The van der Waals surface area contributed by atoms with E-state index in [9.17, 15) is 9.59 Å². The van der Waals surface area contributed by atoms with Gasteiger partial charge < -0.3 is 4.74 Å². The summed E-state index contributed by atoms with van der Waals surface area (Å²) in [6.45, 7) is 3.84. The Balaban J connectivity index is 1.88. The highest BCUT2D eigenvalue weighted by Gasteiger charge is 2.18. The minimum absolute atomic E-state index is 0.287. The van der Waals surface area contributed by atoms with Crippen LogP contribution >= 0.6 is 23.1 Å². The van der Waals surface area contributed by atoms with E-state index < -0.39 is 0 Å². The molecule has 0 saturated carbocycles. The van der Waals surface area contributed by atoms with E-state index in [1.807, 2.05) is 30.3 Å². The molecule has 2 aromatic rings. The van der Waals surface area contributed by atoms with Crippen LogP contribution in [0.15, 0.2) is 40.7 Å². The summed E-state index contributed by atoms with van der Waals surface area (Å²) >= 11 is 2.46. The molecule has 0 saturated heterocycles. The lowest BCUT2D eigenvalue weighted by Crippen LogP contribution is -2.16. The van der Waals surface area contributed by atoms with Crippen LogP contribution in [0.3, 0.4) is 0 Å². The molecular formula is C16H17N3O3S2. The van der Waals surface area contributed by atoms with Crippen LogP contribution in [0.1, 0.15) is 19.4 Å². The van der Waals surface area contributed by atoms with E-state index in [2.05, 4.69) is 15.5 Å². The summed E-state index contributed by atoms with van der Waals surface area (Å²) in [5.74, 6) is -0.584. The predicted octanol–water partition coefficient (Wildman–Crippen LogP) is 3.23. The molecule has 0 bridgehead atoms. The second-order valence-electron chi connectivity index (χ2n) is 4.62. The molecule has 1 aromatic carbocycles. The number of thioether (sulfide) groups is 1. The van der Waals surface area contributed by atoms with E-state index in [-0.39, 0.29) is 17.1 Å². The van der Waals surface area contributed by atoms with Crippen LogP contribution < -0.4 is 5.32 Å². The van der Waals surface area contributed by atoms with Gasteiger partial charge in [0.1, 0.15) is 5.25 Å². The molecular weight excluding hydrogens is 346 g/mol. The number of carbonyl (C=O) groups is 2. The smallest absolute Gasteiger partial charge is 0.319 e. The normalized spacial score (nSPS) is 12.1. The minimum Gasteiger partial charge on any atom is -0.465 e. The Morgan fingerprint density at radius 3 is 2.79 bits per heavy atom. The molecule has 2 rings (SSSR count). The Labute approximate surface area is 148 Å². The zero-order valence-electron chi connectivity index (χ0n) is 13.3. The van der Waals surface area contributed by atoms with E-state index in [0.29, 0.717) is 16.1 Å². The van der Waals surface area contributed by atoms with Gasteiger partial charge in [-0.2, -0.15) is 0 Å². The van der Waals surface area contributed by atoms with Crippen LogP contribution in [0, 0.1) is 0 Å². The third-order valence-corrected chi connectivity index (χ3v) is 4.76. The van der Waals surface area contributed by atoms with Gasteiger partial charge in [0.15, 0.2) is 4.34 Å². The van der Waals surface area contributed by atoms with Crippen LogP contribution in [0.4, 0.5) is 5.13 Å². The molecule has 0 radical (unpaired) electrons. The van der Waals surface area contributed by atoms with Gasteiger partial charge in [0.25, 0.3) is 0 Å². The number of hydrogen-bond donors (Lipinski definition) is 1. The summed E-state index contributed by atoms with van der Waals surface area (Å²) in [6.07, 6.45) is 3.15. The maximum atomic E-state index is 11.9. The second kappa shape index (κ2) is 9.19. The summed E-state index contributed by atoms with van der Waals surface area (Å²) in [5, 5.41) is 10.5. The second-order valence-corrected chi connectivity index (χ2v) is 7.18. The fourth-order valence-electron chi connectivity index (χ4n) is 1.65. The van der Waals surface area contributed by atoms with Crippen LogP contribution in [0.25, 0.3) is 6.08 Å². The van der Waals surface area contributed by atoms with Crippen molar-refractivity contribution in [2.75, 3.05) is 11.9 Å². The van der Waals surface area contributed by atoms with E-state index >= 15 is 0 Å². The first-order valence-electron chi connectivity index (χ1n) is 7.29. The van der Waals surface area contributed by atoms with Crippen molar-refractivity contribution in [3.8, 4) is 0 Å². The number of ether oxygens (including phenoxy) is 1. The number of amides is 1. The summed E-state index contributed by atoms with van der Waals surface area (Å²) in [7, 11) is 0. The highest BCUT2D eigenvalue weighted by atomic mass is 32.2. The number of rotatable bonds is 7. The van der Waals surface area contributed by atoms with Crippen LogP contribution in [0.2, 0.25) is 0 Å². The van der Waals surface area contributed by atoms with Gasteiger partial charge in [-0.15, -0.1) is 10.2 Å². The van der Waals surface area contributed by atoms with Gasteiger partial charge in [-0.25, -0.2) is 0 Å². The number of nitrogens with zero attached hydrogens (tertiary/aromatic N) is 2. The fraction of sp³-hybridized carbons (Fsp3) is 0.250. The van der Waals surface area contributed by atoms with Crippen molar-refractivity contribution in [2.45, 2.75) is 23.4 Å². The molecule has 1 atom stereocenters. The average molecular weight is 363 g/mol. The van der Waals surface area contributed by atoms with Gasteiger partial charge >= 0.3 is 5.97 Å². The number of nitrogens with one attached hydrogen (secondary N) is 1. The van der Waals surface area contributed by atoms with Crippen molar-refractivity contribution >= 4 is 46.2 Å². The first kappa shape index (κ1) is 18.2. The number of carbonyl (C=O) groups excluding carboxylic acids is 2. The Morgan fingerprint density at radius 2 is 2.08 bits per heavy atom. The zero-order chi connectivity index (χ0) is 17.4. The summed E-state index contributed by atoms with van der Waals surface area (Å²) in [6, 6.07) is 9.52. The molecule has 1 aromatic heterocycles. The number of hydrogen-bond acceptors (Lipinski definition) is 7. The Morgan fingerprint density at radius 1 is 1.33 bits per heavy atom. The molecule has 1 amide bonds. The molecule has 0 spiro atoms. The number of aromatic nitrogens is 2. The fourth-order valence-corrected chi connectivity index (χ4v) is 3.55. The summed E-state index contributed by atoms with van der Waals surface area (Å²) < 4.78 is 5.53. The van der Waals surface area contributed by atoms with E-state index in [0.717, 1.165) is 5.56 Å². The summed E-state index contributed by atoms with van der Waals surface area (Å²) in [4.78, 5) is 23.5. The van der Waals surface area contributed by atoms with E-state index in [4.69, 9.17) is 4.74 Å². The van der Waals surface area contributed by atoms with Gasteiger partial charge in [-0.05, 0) is 25.5 Å². The van der Waals surface area contributed by atoms with Gasteiger partial charge in [0.2, 0.25) is 11.0 Å². The number of benzene rings is 1. The Kier molecular flexibility index (Phi) is 6.95. The Hall–Kier alpha value is -2.19. The molecule has 1 N–H and O–H groups in total. The third-order valence-electron chi connectivity index (χ3n) is 2.76. The van der Waals surface area contributed by atoms with Crippen molar-refractivity contribution in [3.05, 3.63) is 42.0 Å². The highest BCUT2D eigenvalue weighted by molar-refractivity contribution is 8.02. The topological polar surface area (TPSA) is 81.2 Å². The standard InChI is InChI=1S/C16H17N3O3S2/c1-3-22-14(21)11(2)23-16-19-18-15(24-16)17-13(20)10-9-12-7-5-4-6-8-12/h4-11H,3H2,1-2H3,(H,17,18,20)/b10-9+. The Bertz CT molecular complexity index is 716. The molecule has 0 aliphatic rings.